The number of aromatic carboxylic acids is 1. The number of hydrogen-bond acceptors (Lipinski definition) is 6. The Labute approximate surface area is 106 Å². The monoisotopic (exact) mass is 270 g/mol. The summed E-state index contributed by atoms with van der Waals surface area (Å²) >= 11 is 2.66. The molecular formula is C9H10N4O2S2. The van der Waals surface area contributed by atoms with E-state index in [9.17, 15) is 4.79 Å². The average Bonchev–Trinajstić information content (AvgIpc) is 2.82. The van der Waals surface area contributed by atoms with Crippen LogP contribution in [0.1, 0.15) is 21.2 Å². The fraction of sp³-hybridized carbons (Fsp3) is 0.333. The lowest BCUT2D eigenvalue weighted by Gasteiger charge is -1.96. The van der Waals surface area contributed by atoms with Gasteiger partial charge in [-0.3, -0.25) is 4.68 Å². The summed E-state index contributed by atoms with van der Waals surface area (Å²) in [7, 11) is 1.82. The molecule has 0 aliphatic rings. The number of aromatic nitrogens is 4. The number of nitrogens with zero attached hydrogens (tertiary/aromatic N) is 4. The van der Waals surface area contributed by atoms with Crippen LogP contribution in [-0.2, 0) is 12.8 Å². The Kier molecular flexibility index (Phi) is 3.43. The Morgan fingerprint density at radius 1 is 1.65 bits per heavy atom. The van der Waals surface area contributed by atoms with Crippen LogP contribution in [0, 0.1) is 6.92 Å². The van der Waals surface area contributed by atoms with Crippen molar-refractivity contribution in [2.45, 2.75) is 17.0 Å². The molecule has 2 rings (SSSR count). The smallest absolute Gasteiger partial charge is 0.347 e. The number of carbonyl (C=O) groups is 1. The van der Waals surface area contributed by atoms with Crippen molar-refractivity contribution in [1.29, 1.82) is 0 Å². The maximum atomic E-state index is 10.9. The molecule has 0 atom stereocenters. The van der Waals surface area contributed by atoms with E-state index in [1.165, 1.54) is 29.4 Å². The van der Waals surface area contributed by atoms with E-state index in [-0.39, 0.29) is 0 Å². The summed E-state index contributed by atoms with van der Waals surface area (Å²) in [6.45, 7) is 1.70. The minimum absolute atomic E-state index is 0.297. The first-order valence-electron chi connectivity index (χ1n) is 4.74. The summed E-state index contributed by atoms with van der Waals surface area (Å²) in [5.41, 5.74) is 0.558. The first-order valence-corrected chi connectivity index (χ1v) is 6.54. The molecule has 2 heterocycles. The van der Waals surface area contributed by atoms with Gasteiger partial charge in [-0.2, -0.15) is 5.10 Å². The molecule has 8 heteroatoms. The predicted octanol–water partition coefficient (Wildman–Crippen LogP) is 1.57. The van der Waals surface area contributed by atoms with Gasteiger partial charge in [-0.15, -0.1) is 11.3 Å². The van der Waals surface area contributed by atoms with E-state index in [0.29, 0.717) is 16.3 Å². The van der Waals surface area contributed by atoms with Crippen LogP contribution >= 0.6 is 23.1 Å². The van der Waals surface area contributed by atoms with Gasteiger partial charge in [0.15, 0.2) is 4.34 Å². The number of aryl methyl sites for hydroxylation is 2. The summed E-state index contributed by atoms with van der Waals surface area (Å²) < 4.78 is 2.42. The minimum atomic E-state index is -0.925. The Balaban J connectivity index is 2.07. The van der Waals surface area contributed by atoms with Gasteiger partial charge >= 0.3 is 5.97 Å². The number of carboxylic acid groups (broad SMARTS) is 1. The molecule has 2 aromatic rings. The molecule has 0 bridgehead atoms. The molecule has 90 valence electrons. The van der Waals surface area contributed by atoms with E-state index in [0.717, 1.165) is 10.2 Å². The molecule has 0 amide bonds. The molecule has 17 heavy (non-hydrogen) atoms. The molecule has 0 saturated carbocycles. The molecular weight excluding hydrogens is 260 g/mol. The standard InChI is InChI=1S/C9H10N4O2S2/c1-5-7(8(14)15)17-9(12-5)16-3-6-10-4-11-13(6)2/h4H,3H2,1-2H3,(H,14,15). The topological polar surface area (TPSA) is 80.9 Å². The van der Waals surface area contributed by atoms with Gasteiger partial charge in [-0.25, -0.2) is 14.8 Å². The predicted molar refractivity (Wildman–Crippen MR) is 64.4 cm³/mol. The van der Waals surface area contributed by atoms with Gasteiger partial charge in [0.1, 0.15) is 17.0 Å². The minimum Gasteiger partial charge on any atom is -0.477 e. The van der Waals surface area contributed by atoms with E-state index in [1.807, 2.05) is 7.05 Å². The molecule has 2 aromatic heterocycles. The Hall–Kier alpha value is -1.41. The van der Waals surface area contributed by atoms with Crippen LogP contribution in [-0.4, -0.2) is 30.8 Å². The highest BCUT2D eigenvalue weighted by atomic mass is 32.2. The second-order valence-corrected chi connectivity index (χ2v) is 5.51. The van der Waals surface area contributed by atoms with E-state index in [1.54, 1.807) is 11.6 Å². The van der Waals surface area contributed by atoms with Crippen LogP contribution in [0.3, 0.4) is 0 Å². The molecule has 1 N–H and O–H groups in total. The molecule has 6 nitrogen and oxygen atoms in total. The first kappa shape index (κ1) is 12.1. The van der Waals surface area contributed by atoms with Crippen molar-refractivity contribution < 1.29 is 9.90 Å². The van der Waals surface area contributed by atoms with Gasteiger partial charge in [0.25, 0.3) is 0 Å². The molecule has 0 aliphatic carbocycles. The van der Waals surface area contributed by atoms with Crippen molar-refractivity contribution >= 4 is 29.1 Å². The highest BCUT2D eigenvalue weighted by molar-refractivity contribution is 8.00. The normalized spacial score (nSPS) is 10.7. The lowest BCUT2D eigenvalue weighted by molar-refractivity contribution is 0.0701. The summed E-state index contributed by atoms with van der Waals surface area (Å²) in [6, 6.07) is 0. The Morgan fingerprint density at radius 2 is 2.41 bits per heavy atom. The van der Waals surface area contributed by atoms with Gasteiger partial charge in [-0.1, -0.05) is 11.8 Å². The van der Waals surface area contributed by atoms with Crippen LogP contribution in [0.15, 0.2) is 10.7 Å². The second kappa shape index (κ2) is 4.84. The fourth-order valence-corrected chi connectivity index (χ4v) is 3.22. The maximum Gasteiger partial charge on any atom is 0.347 e. The number of thioether (sulfide) groups is 1. The van der Waals surface area contributed by atoms with E-state index in [4.69, 9.17) is 5.11 Å². The number of thiazole rings is 1. The number of hydrogen-bond donors (Lipinski definition) is 1. The molecule has 0 aromatic carbocycles. The molecule has 0 spiro atoms. The largest absolute Gasteiger partial charge is 0.477 e. The van der Waals surface area contributed by atoms with Crippen molar-refractivity contribution in [3.8, 4) is 0 Å². The van der Waals surface area contributed by atoms with Crippen LogP contribution < -0.4 is 0 Å². The third-order valence-corrected chi connectivity index (χ3v) is 4.39. The van der Waals surface area contributed by atoms with Crippen molar-refractivity contribution in [2.24, 2.45) is 7.05 Å². The molecule has 0 unspecified atom stereocenters. The molecule has 0 saturated heterocycles. The zero-order valence-corrected chi connectivity index (χ0v) is 10.9. The van der Waals surface area contributed by atoms with Crippen molar-refractivity contribution in [1.82, 2.24) is 19.7 Å². The number of carboxylic acids is 1. The van der Waals surface area contributed by atoms with Gasteiger partial charge in [0, 0.05) is 7.05 Å². The molecule has 0 aliphatic heterocycles. The zero-order chi connectivity index (χ0) is 12.4. The first-order chi connectivity index (χ1) is 8.08. The van der Waals surface area contributed by atoms with E-state index < -0.39 is 5.97 Å². The quantitative estimate of drug-likeness (QED) is 0.849. The average molecular weight is 270 g/mol. The third-order valence-electron chi connectivity index (χ3n) is 2.10. The molecule has 0 fully saturated rings. The zero-order valence-electron chi connectivity index (χ0n) is 9.25. The Bertz CT molecular complexity index is 549. The van der Waals surface area contributed by atoms with E-state index >= 15 is 0 Å². The van der Waals surface area contributed by atoms with Crippen LogP contribution in [0.4, 0.5) is 0 Å². The van der Waals surface area contributed by atoms with Crippen LogP contribution in [0.25, 0.3) is 0 Å². The third kappa shape index (κ3) is 2.64. The maximum absolute atomic E-state index is 10.9. The molecule has 0 radical (unpaired) electrons. The van der Waals surface area contributed by atoms with E-state index in [2.05, 4.69) is 15.1 Å². The lowest BCUT2D eigenvalue weighted by atomic mass is 10.4. The Morgan fingerprint density at radius 3 is 2.94 bits per heavy atom. The number of rotatable bonds is 4. The summed E-state index contributed by atoms with van der Waals surface area (Å²) in [6.07, 6.45) is 1.49. The highest BCUT2D eigenvalue weighted by Crippen LogP contribution is 2.28. The van der Waals surface area contributed by atoms with Gasteiger partial charge in [0.2, 0.25) is 0 Å². The van der Waals surface area contributed by atoms with Crippen molar-refractivity contribution in [3.63, 3.8) is 0 Å². The van der Waals surface area contributed by atoms with Crippen LogP contribution in [0.5, 0.6) is 0 Å². The SMILES string of the molecule is Cc1nc(SCc2ncnn2C)sc1C(=O)O. The highest BCUT2D eigenvalue weighted by Gasteiger charge is 2.14. The van der Waals surface area contributed by atoms with Gasteiger partial charge in [0.05, 0.1) is 11.4 Å². The van der Waals surface area contributed by atoms with Crippen LogP contribution in [0.2, 0.25) is 0 Å². The second-order valence-electron chi connectivity index (χ2n) is 3.29. The van der Waals surface area contributed by atoms with Crippen molar-refractivity contribution in [2.75, 3.05) is 0 Å². The lowest BCUT2D eigenvalue weighted by Crippen LogP contribution is -1.97. The summed E-state index contributed by atoms with van der Waals surface area (Å²) in [5, 5.41) is 12.9. The van der Waals surface area contributed by atoms with Gasteiger partial charge in [-0.05, 0) is 6.92 Å². The van der Waals surface area contributed by atoms with Crippen molar-refractivity contribution in [3.05, 3.63) is 22.7 Å². The summed E-state index contributed by atoms with van der Waals surface area (Å²) in [4.78, 5) is 19.4. The van der Waals surface area contributed by atoms with Gasteiger partial charge < -0.3 is 5.11 Å². The fourth-order valence-electron chi connectivity index (χ4n) is 1.21. The summed E-state index contributed by atoms with van der Waals surface area (Å²) in [5.74, 6) is 0.535.